The molecule has 0 aliphatic carbocycles. The molecule has 100 valence electrons. The third-order valence-corrected chi connectivity index (χ3v) is 3.41. The standard InChI is InChI=1S/C15H16ClFN2/c16-13-8-4-7-12(15(13)17)14(19-18)10-9-11-5-2-1-3-6-11/h1-8,14,19H,9-10,18H2. The van der Waals surface area contributed by atoms with E-state index in [9.17, 15) is 4.39 Å². The fourth-order valence-electron chi connectivity index (χ4n) is 2.07. The van der Waals surface area contributed by atoms with Gasteiger partial charge in [0.05, 0.1) is 5.02 Å². The lowest BCUT2D eigenvalue weighted by molar-refractivity contribution is 0.485. The Morgan fingerprint density at radius 3 is 2.53 bits per heavy atom. The lowest BCUT2D eigenvalue weighted by atomic mass is 9.99. The first-order valence-corrected chi connectivity index (χ1v) is 6.54. The summed E-state index contributed by atoms with van der Waals surface area (Å²) in [6.45, 7) is 0. The van der Waals surface area contributed by atoms with E-state index >= 15 is 0 Å². The lowest BCUT2D eigenvalue weighted by Gasteiger charge is -2.17. The summed E-state index contributed by atoms with van der Waals surface area (Å²) in [5.74, 6) is 5.13. The molecule has 2 nitrogen and oxygen atoms in total. The first-order valence-electron chi connectivity index (χ1n) is 6.16. The third-order valence-electron chi connectivity index (χ3n) is 3.12. The van der Waals surface area contributed by atoms with Crippen LogP contribution in [0.1, 0.15) is 23.6 Å². The Bertz CT molecular complexity index is 531. The zero-order chi connectivity index (χ0) is 13.7. The van der Waals surface area contributed by atoms with Crippen molar-refractivity contribution < 1.29 is 4.39 Å². The van der Waals surface area contributed by atoms with E-state index < -0.39 is 5.82 Å². The van der Waals surface area contributed by atoms with Crippen molar-refractivity contribution in [1.82, 2.24) is 5.43 Å². The second kappa shape index (κ2) is 6.66. The van der Waals surface area contributed by atoms with Crippen molar-refractivity contribution in [2.45, 2.75) is 18.9 Å². The maximum absolute atomic E-state index is 13.9. The summed E-state index contributed by atoms with van der Waals surface area (Å²) in [6, 6.07) is 14.7. The van der Waals surface area contributed by atoms with Crippen LogP contribution in [0.4, 0.5) is 4.39 Å². The summed E-state index contributed by atoms with van der Waals surface area (Å²) in [6.07, 6.45) is 1.53. The zero-order valence-corrected chi connectivity index (χ0v) is 11.2. The van der Waals surface area contributed by atoms with Gasteiger partial charge in [-0.05, 0) is 24.5 Å². The smallest absolute Gasteiger partial charge is 0.146 e. The van der Waals surface area contributed by atoms with Gasteiger partial charge in [-0.15, -0.1) is 0 Å². The predicted molar refractivity (Wildman–Crippen MR) is 76.2 cm³/mol. The van der Waals surface area contributed by atoms with Gasteiger partial charge >= 0.3 is 0 Å². The molecule has 0 aromatic heterocycles. The van der Waals surface area contributed by atoms with Crippen molar-refractivity contribution >= 4 is 11.6 Å². The molecule has 2 aromatic rings. The van der Waals surface area contributed by atoms with Crippen LogP contribution < -0.4 is 11.3 Å². The minimum absolute atomic E-state index is 0.123. The van der Waals surface area contributed by atoms with Crippen LogP contribution >= 0.6 is 11.6 Å². The number of hydrazine groups is 1. The fraction of sp³-hybridized carbons (Fsp3) is 0.200. The van der Waals surface area contributed by atoms with Gasteiger partial charge in [0.15, 0.2) is 0 Å². The molecule has 0 fully saturated rings. The lowest BCUT2D eigenvalue weighted by Crippen LogP contribution is -2.29. The highest BCUT2D eigenvalue weighted by atomic mass is 35.5. The molecule has 19 heavy (non-hydrogen) atoms. The summed E-state index contributed by atoms with van der Waals surface area (Å²) in [4.78, 5) is 0. The van der Waals surface area contributed by atoms with Gasteiger partial charge in [0.1, 0.15) is 5.82 Å². The molecule has 3 N–H and O–H groups in total. The van der Waals surface area contributed by atoms with E-state index in [1.807, 2.05) is 30.3 Å². The number of rotatable bonds is 5. The van der Waals surface area contributed by atoms with Crippen LogP contribution in [0.25, 0.3) is 0 Å². The molecule has 0 aliphatic rings. The predicted octanol–water partition coefficient (Wildman–Crippen LogP) is 3.62. The summed E-state index contributed by atoms with van der Waals surface area (Å²) in [5, 5.41) is 0.123. The molecule has 2 rings (SSSR count). The highest BCUT2D eigenvalue weighted by Gasteiger charge is 2.16. The quantitative estimate of drug-likeness (QED) is 0.648. The maximum atomic E-state index is 13.9. The summed E-state index contributed by atoms with van der Waals surface area (Å²) in [5.41, 5.74) is 4.36. The number of nitrogens with one attached hydrogen (secondary N) is 1. The number of halogens is 2. The first-order chi connectivity index (χ1) is 9.22. The van der Waals surface area contributed by atoms with Gasteiger partial charge in [-0.3, -0.25) is 11.3 Å². The van der Waals surface area contributed by atoms with Crippen LogP contribution in [0, 0.1) is 5.82 Å². The van der Waals surface area contributed by atoms with Gasteiger partial charge in [0.2, 0.25) is 0 Å². The van der Waals surface area contributed by atoms with Gasteiger partial charge in [0, 0.05) is 11.6 Å². The van der Waals surface area contributed by atoms with Crippen LogP contribution in [0.15, 0.2) is 48.5 Å². The summed E-state index contributed by atoms with van der Waals surface area (Å²) < 4.78 is 13.9. The van der Waals surface area contributed by atoms with Gasteiger partial charge in [-0.1, -0.05) is 54.1 Å². The van der Waals surface area contributed by atoms with Crippen molar-refractivity contribution in [1.29, 1.82) is 0 Å². The van der Waals surface area contributed by atoms with E-state index in [0.717, 1.165) is 6.42 Å². The largest absolute Gasteiger partial charge is 0.271 e. The Balaban J connectivity index is 2.10. The highest BCUT2D eigenvalue weighted by molar-refractivity contribution is 6.30. The average Bonchev–Trinajstić information content (AvgIpc) is 2.45. The summed E-state index contributed by atoms with van der Waals surface area (Å²) >= 11 is 5.79. The molecule has 0 spiro atoms. The van der Waals surface area contributed by atoms with E-state index in [4.69, 9.17) is 17.4 Å². The molecular weight excluding hydrogens is 263 g/mol. The molecule has 1 atom stereocenters. The number of hydrogen-bond acceptors (Lipinski definition) is 2. The molecule has 0 saturated carbocycles. The van der Waals surface area contributed by atoms with E-state index in [1.54, 1.807) is 12.1 Å². The number of aryl methyl sites for hydroxylation is 1. The molecule has 0 bridgehead atoms. The highest BCUT2D eigenvalue weighted by Crippen LogP contribution is 2.25. The van der Waals surface area contributed by atoms with Crippen molar-refractivity contribution in [3.63, 3.8) is 0 Å². The van der Waals surface area contributed by atoms with E-state index in [1.165, 1.54) is 11.6 Å². The fourth-order valence-corrected chi connectivity index (χ4v) is 2.26. The van der Waals surface area contributed by atoms with Crippen LogP contribution in [-0.4, -0.2) is 0 Å². The molecule has 1 unspecified atom stereocenters. The monoisotopic (exact) mass is 278 g/mol. The molecule has 0 amide bonds. The van der Waals surface area contributed by atoms with E-state index in [-0.39, 0.29) is 11.1 Å². The van der Waals surface area contributed by atoms with Crippen molar-refractivity contribution in [2.75, 3.05) is 0 Å². The molecular formula is C15H16ClFN2. The topological polar surface area (TPSA) is 38.0 Å². The van der Waals surface area contributed by atoms with Gasteiger partial charge in [-0.2, -0.15) is 0 Å². The SMILES string of the molecule is NNC(CCc1ccccc1)c1cccc(Cl)c1F. The minimum Gasteiger partial charge on any atom is -0.271 e. The Hall–Kier alpha value is -1.42. The Morgan fingerprint density at radius 1 is 1.11 bits per heavy atom. The zero-order valence-electron chi connectivity index (χ0n) is 10.4. The Morgan fingerprint density at radius 2 is 1.84 bits per heavy atom. The molecule has 0 saturated heterocycles. The van der Waals surface area contributed by atoms with Gasteiger partial charge in [0.25, 0.3) is 0 Å². The second-order valence-electron chi connectivity index (χ2n) is 4.39. The minimum atomic E-state index is -0.403. The Labute approximate surface area is 117 Å². The van der Waals surface area contributed by atoms with E-state index in [2.05, 4.69) is 5.43 Å². The number of hydrogen-bond donors (Lipinski definition) is 2. The van der Waals surface area contributed by atoms with Crippen LogP contribution in [0.5, 0.6) is 0 Å². The van der Waals surface area contributed by atoms with Crippen LogP contribution in [0.3, 0.4) is 0 Å². The molecule has 2 aromatic carbocycles. The first kappa shape index (κ1) is 14.0. The van der Waals surface area contributed by atoms with Crippen LogP contribution in [-0.2, 0) is 6.42 Å². The van der Waals surface area contributed by atoms with Crippen molar-refractivity contribution in [3.8, 4) is 0 Å². The van der Waals surface area contributed by atoms with Crippen LogP contribution in [0.2, 0.25) is 5.02 Å². The molecule has 0 radical (unpaired) electrons. The second-order valence-corrected chi connectivity index (χ2v) is 4.79. The average molecular weight is 279 g/mol. The Kier molecular flexibility index (Phi) is 4.91. The maximum Gasteiger partial charge on any atom is 0.146 e. The molecule has 0 heterocycles. The van der Waals surface area contributed by atoms with Crippen molar-refractivity contribution in [2.24, 2.45) is 5.84 Å². The molecule has 4 heteroatoms. The molecule has 0 aliphatic heterocycles. The van der Waals surface area contributed by atoms with Gasteiger partial charge in [-0.25, -0.2) is 4.39 Å². The summed E-state index contributed by atoms with van der Waals surface area (Å²) in [7, 11) is 0. The van der Waals surface area contributed by atoms with Gasteiger partial charge < -0.3 is 0 Å². The number of nitrogens with two attached hydrogens (primary N) is 1. The van der Waals surface area contributed by atoms with E-state index in [0.29, 0.717) is 12.0 Å². The normalized spacial score (nSPS) is 12.4. The van der Waals surface area contributed by atoms with Crippen molar-refractivity contribution in [3.05, 3.63) is 70.5 Å². The third kappa shape index (κ3) is 3.53. The number of benzene rings is 2.